The summed E-state index contributed by atoms with van der Waals surface area (Å²) in [6.07, 6.45) is 0. The van der Waals surface area contributed by atoms with Crippen molar-refractivity contribution >= 4 is 0 Å². The second-order valence-electron chi connectivity index (χ2n) is 16.9. The maximum atomic E-state index is 11.2. The van der Waals surface area contributed by atoms with Crippen LogP contribution < -0.4 is 0 Å². The van der Waals surface area contributed by atoms with Gasteiger partial charge >= 0.3 is 0 Å². The Labute approximate surface area is 271 Å². The van der Waals surface area contributed by atoms with Gasteiger partial charge in [0, 0.05) is 33.9 Å². The molecule has 3 nitrogen and oxygen atoms in total. The van der Waals surface area contributed by atoms with Crippen molar-refractivity contribution in [2.45, 2.75) is 105 Å². The third-order valence-corrected chi connectivity index (χ3v) is 8.87. The molecule has 236 valence electrons. The molecule has 45 heavy (non-hydrogen) atoms. The molecule has 0 atom stereocenters. The highest BCUT2D eigenvalue weighted by Crippen LogP contribution is 2.42. The molecule has 0 aliphatic carbocycles. The summed E-state index contributed by atoms with van der Waals surface area (Å²) >= 11 is 0. The number of aromatic nitrogens is 2. The number of rotatable bonds is 4. The van der Waals surface area contributed by atoms with Crippen LogP contribution in [0.5, 0.6) is 5.75 Å². The van der Waals surface area contributed by atoms with Crippen LogP contribution in [-0.2, 0) is 21.7 Å². The molecule has 0 saturated carbocycles. The number of aromatic amines is 2. The maximum absolute atomic E-state index is 11.2. The van der Waals surface area contributed by atoms with Crippen LogP contribution in [0.2, 0.25) is 0 Å². The molecule has 0 spiro atoms. The lowest BCUT2D eigenvalue weighted by Gasteiger charge is -2.28. The Kier molecular flexibility index (Phi) is 8.01. The van der Waals surface area contributed by atoms with Gasteiger partial charge in [0.25, 0.3) is 0 Å². The van der Waals surface area contributed by atoms with Crippen LogP contribution in [0.25, 0.3) is 45.0 Å². The number of benzene rings is 3. The molecular weight excluding hydrogens is 548 g/mol. The zero-order valence-electron chi connectivity index (χ0n) is 29.5. The minimum absolute atomic E-state index is 0.0669. The van der Waals surface area contributed by atoms with Crippen molar-refractivity contribution in [3.05, 3.63) is 101 Å². The first-order chi connectivity index (χ1) is 20.7. The molecule has 0 saturated heterocycles. The molecule has 5 aromatic rings. The average molecular weight is 601 g/mol. The Morgan fingerprint density at radius 2 is 0.756 bits per heavy atom. The van der Waals surface area contributed by atoms with Crippen molar-refractivity contribution in [1.29, 1.82) is 0 Å². The van der Waals surface area contributed by atoms with E-state index in [2.05, 4.69) is 172 Å². The minimum atomic E-state index is -0.179. The van der Waals surface area contributed by atoms with Crippen molar-refractivity contribution in [3.8, 4) is 50.8 Å². The van der Waals surface area contributed by atoms with Crippen LogP contribution in [-0.4, -0.2) is 15.1 Å². The molecule has 0 unspecified atom stereocenters. The van der Waals surface area contributed by atoms with Gasteiger partial charge in [-0.1, -0.05) is 107 Å². The van der Waals surface area contributed by atoms with E-state index in [1.807, 2.05) is 0 Å². The van der Waals surface area contributed by atoms with Gasteiger partial charge in [0.15, 0.2) is 0 Å². The normalized spacial score (nSPS) is 13.0. The van der Waals surface area contributed by atoms with Gasteiger partial charge in [-0.2, -0.15) is 0 Å². The van der Waals surface area contributed by atoms with Gasteiger partial charge in [0.2, 0.25) is 0 Å². The van der Waals surface area contributed by atoms with Gasteiger partial charge in [-0.05, 0) is 110 Å². The SMILES string of the molecule is CC(C)(C)c1cc(-c2ccc(-c3cccc(-c4ccc(-c5cc(C(C)(C)C)c(O)c(C(C)(C)C)c5)[nH]4)c3)[nH]2)cc(C(C)(C)C)c1. The summed E-state index contributed by atoms with van der Waals surface area (Å²) in [6, 6.07) is 28.7. The fourth-order valence-corrected chi connectivity index (χ4v) is 5.90. The van der Waals surface area contributed by atoms with Crippen LogP contribution >= 0.6 is 0 Å². The second kappa shape index (κ2) is 11.1. The topological polar surface area (TPSA) is 51.8 Å². The van der Waals surface area contributed by atoms with Crippen LogP contribution in [0.4, 0.5) is 0 Å². The lowest BCUT2D eigenvalue weighted by Crippen LogP contribution is -2.17. The highest BCUT2D eigenvalue weighted by atomic mass is 16.3. The molecule has 3 heteroatoms. The minimum Gasteiger partial charge on any atom is -0.507 e. The van der Waals surface area contributed by atoms with E-state index in [0.29, 0.717) is 5.75 Å². The number of phenols is 1. The molecule has 5 rings (SSSR count). The zero-order valence-corrected chi connectivity index (χ0v) is 29.5. The zero-order chi connectivity index (χ0) is 33.1. The highest BCUT2D eigenvalue weighted by Gasteiger charge is 2.27. The second-order valence-corrected chi connectivity index (χ2v) is 16.9. The third kappa shape index (κ3) is 6.83. The molecular formula is C42H52N2O. The molecule has 3 N–H and O–H groups in total. The summed E-state index contributed by atoms with van der Waals surface area (Å²) in [4.78, 5) is 7.41. The van der Waals surface area contributed by atoms with Gasteiger partial charge in [-0.25, -0.2) is 0 Å². The Morgan fingerprint density at radius 3 is 1.11 bits per heavy atom. The predicted octanol–water partition coefficient (Wildman–Crippen LogP) is 11.9. The van der Waals surface area contributed by atoms with Crippen molar-refractivity contribution in [3.63, 3.8) is 0 Å². The van der Waals surface area contributed by atoms with Gasteiger partial charge in [-0.15, -0.1) is 0 Å². The monoisotopic (exact) mass is 600 g/mol. The fraction of sp³-hybridized carbons (Fsp3) is 0.381. The number of H-pyrrole nitrogens is 2. The van der Waals surface area contributed by atoms with E-state index in [0.717, 1.165) is 50.6 Å². The first-order valence-corrected chi connectivity index (χ1v) is 16.3. The number of phenolic OH excluding ortho intramolecular Hbond substituents is 1. The van der Waals surface area contributed by atoms with Crippen LogP contribution in [0, 0.1) is 0 Å². The summed E-state index contributed by atoms with van der Waals surface area (Å²) in [5, 5.41) is 11.2. The number of aromatic hydroxyl groups is 1. The number of hydrogen-bond acceptors (Lipinski definition) is 1. The van der Waals surface area contributed by atoms with Crippen LogP contribution in [0.1, 0.15) is 105 Å². The molecule has 0 aliphatic heterocycles. The van der Waals surface area contributed by atoms with E-state index < -0.39 is 0 Å². The summed E-state index contributed by atoms with van der Waals surface area (Å²) in [5.74, 6) is 0.406. The molecule has 0 aliphatic rings. The standard InChI is InChI=1S/C42H52N2O/c1-39(2,3)30-21-28(22-31(25-30)40(4,5)6)36-18-16-34(43-36)26-14-13-15-27(20-26)35-17-19-37(44-35)29-23-32(41(7,8)9)38(45)33(24-29)42(10,11)12/h13-25,43-45H,1-12H3. The average Bonchev–Trinajstić information content (AvgIpc) is 3.62. The lowest BCUT2D eigenvalue weighted by molar-refractivity contribution is 0.423. The third-order valence-electron chi connectivity index (χ3n) is 8.87. The van der Waals surface area contributed by atoms with Crippen molar-refractivity contribution in [2.75, 3.05) is 0 Å². The Balaban J connectivity index is 1.50. The van der Waals surface area contributed by atoms with Gasteiger partial charge in [0.05, 0.1) is 0 Å². The van der Waals surface area contributed by atoms with Gasteiger partial charge in [-0.3, -0.25) is 0 Å². The molecule has 0 amide bonds. The van der Waals surface area contributed by atoms with Gasteiger partial charge < -0.3 is 15.1 Å². The molecule has 0 bridgehead atoms. The Bertz CT molecular complexity index is 1770. The van der Waals surface area contributed by atoms with E-state index in [1.165, 1.54) is 16.7 Å². The smallest absolute Gasteiger partial charge is 0.123 e. The predicted molar refractivity (Wildman–Crippen MR) is 193 cm³/mol. The summed E-state index contributed by atoms with van der Waals surface area (Å²) in [5.41, 5.74) is 13.3. The summed E-state index contributed by atoms with van der Waals surface area (Å²) in [6.45, 7) is 26.6. The largest absolute Gasteiger partial charge is 0.507 e. The van der Waals surface area contributed by atoms with Crippen molar-refractivity contribution in [1.82, 2.24) is 9.97 Å². The molecule has 0 radical (unpaired) electrons. The molecule has 0 fully saturated rings. The lowest BCUT2D eigenvalue weighted by atomic mass is 9.78. The van der Waals surface area contributed by atoms with Crippen molar-refractivity contribution in [2.24, 2.45) is 0 Å². The van der Waals surface area contributed by atoms with Gasteiger partial charge in [0.1, 0.15) is 5.75 Å². The number of nitrogens with one attached hydrogen (secondary N) is 2. The van der Waals surface area contributed by atoms with E-state index in [-0.39, 0.29) is 21.7 Å². The first-order valence-electron chi connectivity index (χ1n) is 16.3. The molecule has 3 aromatic carbocycles. The Morgan fingerprint density at radius 1 is 0.400 bits per heavy atom. The highest BCUT2D eigenvalue weighted by molar-refractivity contribution is 5.76. The summed E-state index contributed by atoms with van der Waals surface area (Å²) < 4.78 is 0. The first kappa shape index (κ1) is 32.4. The van der Waals surface area contributed by atoms with Crippen molar-refractivity contribution < 1.29 is 5.11 Å². The molecule has 2 heterocycles. The van der Waals surface area contributed by atoms with Crippen LogP contribution in [0.15, 0.2) is 78.9 Å². The van der Waals surface area contributed by atoms with Crippen LogP contribution in [0.3, 0.4) is 0 Å². The molecule has 2 aromatic heterocycles. The van der Waals surface area contributed by atoms with E-state index in [9.17, 15) is 5.11 Å². The van der Waals surface area contributed by atoms with E-state index >= 15 is 0 Å². The Hall–Kier alpha value is -3.98. The maximum Gasteiger partial charge on any atom is 0.123 e. The number of hydrogen-bond donors (Lipinski definition) is 3. The quantitative estimate of drug-likeness (QED) is 0.189. The van der Waals surface area contributed by atoms with E-state index in [4.69, 9.17) is 0 Å². The summed E-state index contributed by atoms with van der Waals surface area (Å²) in [7, 11) is 0. The van der Waals surface area contributed by atoms with E-state index in [1.54, 1.807) is 0 Å². The fourth-order valence-electron chi connectivity index (χ4n) is 5.90.